The number of carbonyl (C=O) groups excluding carboxylic acids is 1. The number of alkyl halides is 1. The van der Waals surface area contributed by atoms with Crippen LogP contribution in [0, 0.1) is 23.0 Å². The summed E-state index contributed by atoms with van der Waals surface area (Å²) in [7, 11) is 0. The number of halogens is 1. The molecule has 0 spiro atoms. The van der Waals surface area contributed by atoms with E-state index in [1.54, 1.807) is 0 Å². The summed E-state index contributed by atoms with van der Waals surface area (Å²) >= 11 is 6.15. The Morgan fingerprint density at radius 3 is 2.12 bits per heavy atom. The van der Waals surface area contributed by atoms with Gasteiger partial charge in [0.05, 0.1) is 6.54 Å². The fourth-order valence-electron chi connectivity index (χ4n) is 5.18. The maximum atomic E-state index is 12.5. The Morgan fingerprint density at radius 2 is 1.54 bits per heavy atom. The molecule has 26 heavy (non-hydrogen) atoms. The molecule has 0 radical (unpaired) electrons. The summed E-state index contributed by atoms with van der Waals surface area (Å²) in [6.07, 6.45) is 11.3. The molecule has 0 unspecified atom stereocenters. The van der Waals surface area contributed by atoms with Crippen molar-refractivity contribution in [3.8, 4) is 0 Å². The molecule has 1 N–H and O–H groups in total. The number of likely N-dealkylation sites (tertiary alicyclic amines) is 1. The second-order valence-corrected chi connectivity index (χ2v) is 9.46. The third-order valence-corrected chi connectivity index (χ3v) is 7.43. The van der Waals surface area contributed by atoms with Gasteiger partial charge in [0.1, 0.15) is 5.78 Å². The van der Waals surface area contributed by atoms with E-state index in [4.69, 9.17) is 16.8 Å². The Hall–Kier alpha value is -0.200. The highest BCUT2D eigenvalue weighted by atomic mass is 35.5. The lowest BCUT2D eigenvalue weighted by Gasteiger charge is -2.38. The largest absolute Gasteiger partial charge is 0.762 e. The van der Waals surface area contributed by atoms with Crippen LogP contribution in [0.1, 0.15) is 70.6 Å². The molecule has 0 amide bonds. The zero-order valence-electron chi connectivity index (χ0n) is 15.8. The van der Waals surface area contributed by atoms with Gasteiger partial charge in [0.15, 0.2) is 0 Å². The number of nitrogens with zero attached hydrogens (tertiary/aromatic N) is 2. The minimum absolute atomic E-state index is 0.158. The Morgan fingerprint density at radius 1 is 0.962 bits per heavy atom. The van der Waals surface area contributed by atoms with Crippen LogP contribution in [0.2, 0.25) is 0 Å². The molecular weight excluding hydrogens is 352 g/mol. The van der Waals surface area contributed by atoms with E-state index in [2.05, 4.69) is 4.90 Å². The molecule has 0 atom stereocenters. The van der Waals surface area contributed by atoms with E-state index in [0.29, 0.717) is 18.2 Å². The van der Waals surface area contributed by atoms with E-state index in [9.17, 15) is 10.0 Å². The predicted molar refractivity (Wildman–Crippen MR) is 103 cm³/mol. The van der Waals surface area contributed by atoms with Crippen molar-refractivity contribution in [3.05, 3.63) is 5.21 Å². The van der Waals surface area contributed by atoms with Gasteiger partial charge < -0.3 is 10.4 Å². The third-order valence-electron chi connectivity index (χ3n) is 6.99. The Bertz CT molecular complexity index is 438. The fourth-order valence-corrected chi connectivity index (χ4v) is 5.43. The Labute approximate surface area is 162 Å². The lowest BCUT2D eigenvalue weighted by atomic mass is 9.78. The van der Waals surface area contributed by atoms with E-state index < -0.39 is 0 Å². The molecule has 0 bridgehead atoms. The van der Waals surface area contributed by atoms with Crippen LogP contribution < -0.4 is 0 Å². The van der Waals surface area contributed by atoms with E-state index in [0.717, 1.165) is 70.4 Å². The molecule has 1 heterocycles. The standard InChI is InChI=1S/C20H34ClN2O3/c21-18-5-3-17(4-6-18)20(24)14-22-11-9-16(10-12-22)13-15-1-7-19(8-2-15)23(25)26/h15-19,25H,1-14H2/q-1. The van der Waals surface area contributed by atoms with Crippen LogP contribution >= 0.6 is 11.6 Å². The van der Waals surface area contributed by atoms with Crippen molar-refractivity contribution >= 4 is 17.4 Å². The van der Waals surface area contributed by atoms with Crippen LogP contribution in [0.3, 0.4) is 0 Å². The summed E-state index contributed by atoms with van der Waals surface area (Å²) in [5, 5.41) is 20.4. The monoisotopic (exact) mass is 385 g/mol. The molecule has 0 aromatic carbocycles. The first-order valence-corrected chi connectivity index (χ1v) is 11.0. The highest BCUT2D eigenvalue weighted by Crippen LogP contribution is 2.34. The van der Waals surface area contributed by atoms with Crippen molar-refractivity contribution in [2.75, 3.05) is 19.6 Å². The van der Waals surface area contributed by atoms with Crippen LogP contribution in [0.15, 0.2) is 0 Å². The van der Waals surface area contributed by atoms with Gasteiger partial charge in [-0.3, -0.25) is 14.9 Å². The number of carbonyl (C=O) groups is 1. The van der Waals surface area contributed by atoms with Crippen LogP contribution in [0.25, 0.3) is 0 Å². The highest BCUT2D eigenvalue weighted by Gasteiger charge is 2.29. The molecule has 1 saturated heterocycles. The smallest absolute Gasteiger partial charge is 0.149 e. The maximum absolute atomic E-state index is 12.5. The summed E-state index contributed by atoms with van der Waals surface area (Å²) in [6.45, 7) is 2.72. The molecule has 3 rings (SSSR count). The molecule has 0 aromatic rings. The number of piperidine rings is 1. The summed E-state index contributed by atoms with van der Waals surface area (Å²) < 4.78 is 0. The summed E-state index contributed by atoms with van der Waals surface area (Å²) in [4.78, 5) is 14.9. The van der Waals surface area contributed by atoms with Gasteiger partial charge in [-0.2, -0.15) is 0 Å². The lowest BCUT2D eigenvalue weighted by molar-refractivity contribution is -0.125. The molecule has 3 aliphatic rings. The normalized spacial score (nSPS) is 34.9. The van der Waals surface area contributed by atoms with Crippen LogP contribution in [0.5, 0.6) is 0 Å². The molecule has 1 aliphatic heterocycles. The molecular formula is C20H34ClN2O3-. The van der Waals surface area contributed by atoms with Crippen LogP contribution in [-0.4, -0.2) is 52.2 Å². The first-order valence-electron chi connectivity index (χ1n) is 10.6. The number of ketones is 1. The molecule has 6 heteroatoms. The van der Waals surface area contributed by atoms with Crippen LogP contribution in [-0.2, 0) is 4.79 Å². The minimum atomic E-state index is -0.187. The predicted octanol–water partition coefficient (Wildman–Crippen LogP) is 4.20. The Balaban J connectivity index is 1.32. The van der Waals surface area contributed by atoms with Crippen molar-refractivity contribution in [2.45, 2.75) is 82.0 Å². The molecule has 2 saturated carbocycles. The average molecular weight is 386 g/mol. The molecule has 3 fully saturated rings. The number of rotatable bonds is 6. The molecule has 0 aromatic heterocycles. The minimum Gasteiger partial charge on any atom is -0.762 e. The second kappa shape index (κ2) is 9.83. The molecule has 150 valence electrons. The maximum Gasteiger partial charge on any atom is 0.149 e. The van der Waals surface area contributed by atoms with Crippen molar-refractivity contribution in [3.63, 3.8) is 0 Å². The van der Waals surface area contributed by atoms with E-state index in [1.807, 2.05) is 0 Å². The number of hydrogen-bond acceptors (Lipinski definition) is 5. The van der Waals surface area contributed by atoms with E-state index in [1.165, 1.54) is 19.3 Å². The summed E-state index contributed by atoms with van der Waals surface area (Å²) in [6, 6.07) is -0.187. The third kappa shape index (κ3) is 5.90. The lowest BCUT2D eigenvalue weighted by Crippen LogP contribution is -2.40. The van der Waals surface area contributed by atoms with E-state index >= 15 is 0 Å². The molecule has 2 aliphatic carbocycles. The number of hydroxylamine groups is 2. The zero-order valence-corrected chi connectivity index (χ0v) is 16.6. The van der Waals surface area contributed by atoms with Crippen LogP contribution in [0.4, 0.5) is 0 Å². The van der Waals surface area contributed by atoms with Gasteiger partial charge in [-0.25, -0.2) is 0 Å². The van der Waals surface area contributed by atoms with Crippen molar-refractivity contribution in [1.82, 2.24) is 10.1 Å². The SMILES string of the molecule is O=C(CN1CCC(CC2CCC(N([O-])O)CC2)CC1)C1CCC(Cl)CC1. The summed E-state index contributed by atoms with van der Waals surface area (Å²) in [5.41, 5.74) is 0. The first kappa shape index (κ1) is 20.5. The summed E-state index contributed by atoms with van der Waals surface area (Å²) in [5.74, 6) is 2.13. The van der Waals surface area contributed by atoms with Gasteiger partial charge in [-0.05, 0) is 95.6 Å². The van der Waals surface area contributed by atoms with Crippen molar-refractivity contribution in [2.24, 2.45) is 17.8 Å². The van der Waals surface area contributed by atoms with Gasteiger partial charge in [0, 0.05) is 17.3 Å². The Kier molecular flexibility index (Phi) is 7.76. The molecule has 5 nitrogen and oxygen atoms in total. The fraction of sp³-hybridized carbons (Fsp3) is 0.950. The zero-order chi connectivity index (χ0) is 18.5. The van der Waals surface area contributed by atoms with Gasteiger partial charge in [0.25, 0.3) is 0 Å². The van der Waals surface area contributed by atoms with Gasteiger partial charge in [0.2, 0.25) is 0 Å². The van der Waals surface area contributed by atoms with Gasteiger partial charge >= 0.3 is 0 Å². The first-order chi connectivity index (χ1) is 12.5. The quantitative estimate of drug-likeness (QED) is 0.548. The number of Topliss-reactive ketones (excluding diaryl/α,β-unsaturated/α-hetero) is 1. The van der Waals surface area contributed by atoms with Gasteiger partial charge in [-0.15, -0.1) is 11.6 Å². The second-order valence-electron chi connectivity index (χ2n) is 8.85. The average Bonchev–Trinajstić information content (AvgIpc) is 2.64. The highest BCUT2D eigenvalue weighted by molar-refractivity contribution is 6.20. The van der Waals surface area contributed by atoms with E-state index in [-0.39, 0.29) is 22.6 Å². The van der Waals surface area contributed by atoms with Crippen molar-refractivity contribution in [1.29, 1.82) is 0 Å². The number of hydrogen-bond donors (Lipinski definition) is 1. The van der Waals surface area contributed by atoms with Gasteiger partial charge in [-0.1, -0.05) is 0 Å². The van der Waals surface area contributed by atoms with Crippen molar-refractivity contribution < 1.29 is 10.0 Å². The topological polar surface area (TPSA) is 66.8 Å².